The first-order valence-electron chi connectivity index (χ1n) is 11.7. The first kappa shape index (κ1) is 21.5. The maximum absolute atomic E-state index is 12.5. The SMILES string of the molecule is CC1(C)OB(c2cnc3[nH]cc(C4=CCN(C(=O)OC5CCCC5)CC4)c3c2)OC1(C)C. The molecule has 1 aliphatic carbocycles. The summed E-state index contributed by atoms with van der Waals surface area (Å²) in [5.41, 5.74) is 3.30. The number of fused-ring (bicyclic) bond motifs is 1. The molecule has 0 radical (unpaired) electrons. The molecule has 170 valence electrons. The predicted molar refractivity (Wildman–Crippen MR) is 125 cm³/mol. The summed E-state index contributed by atoms with van der Waals surface area (Å²) >= 11 is 0. The molecule has 1 saturated heterocycles. The van der Waals surface area contributed by atoms with E-state index in [1.807, 2.05) is 12.4 Å². The lowest BCUT2D eigenvalue weighted by atomic mass is 9.79. The number of pyridine rings is 1. The Kier molecular flexibility index (Phi) is 5.33. The van der Waals surface area contributed by atoms with Crippen molar-refractivity contribution in [2.75, 3.05) is 13.1 Å². The fraction of sp³-hybridized carbons (Fsp3) is 0.583. The van der Waals surface area contributed by atoms with Crippen molar-refractivity contribution in [1.29, 1.82) is 0 Å². The van der Waals surface area contributed by atoms with Crippen LogP contribution in [-0.4, -0.2) is 58.5 Å². The molecule has 2 fully saturated rings. The molecule has 32 heavy (non-hydrogen) atoms. The molecule has 8 heteroatoms. The Balaban J connectivity index is 1.33. The van der Waals surface area contributed by atoms with Gasteiger partial charge in [0.2, 0.25) is 0 Å². The summed E-state index contributed by atoms with van der Waals surface area (Å²) in [6.45, 7) is 9.44. The highest BCUT2D eigenvalue weighted by Crippen LogP contribution is 2.37. The van der Waals surface area contributed by atoms with Crippen molar-refractivity contribution in [3.05, 3.63) is 30.1 Å². The van der Waals surface area contributed by atoms with Crippen molar-refractivity contribution < 1.29 is 18.8 Å². The van der Waals surface area contributed by atoms with E-state index in [0.717, 1.165) is 54.2 Å². The molecule has 3 aliphatic rings. The fourth-order valence-electron chi connectivity index (χ4n) is 4.70. The number of aromatic amines is 1. The predicted octanol–water partition coefficient (Wildman–Crippen LogP) is 4.03. The summed E-state index contributed by atoms with van der Waals surface area (Å²) in [4.78, 5) is 22.2. The van der Waals surface area contributed by atoms with Gasteiger partial charge in [-0.25, -0.2) is 9.78 Å². The maximum Gasteiger partial charge on any atom is 0.496 e. The van der Waals surface area contributed by atoms with Gasteiger partial charge in [0.25, 0.3) is 0 Å². The van der Waals surface area contributed by atoms with Crippen LogP contribution in [0.3, 0.4) is 0 Å². The van der Waals surface area contributed by atoms with Crippen LogP contribution in [0.2, 0.25) is 0 Å². The second-order valence-corrected chi connectivity index (χ2v) is 10.2. The zero-order valence-corrected chi connectivity index (χ0v) is 19.4. The highest BCUT2D eigenvalue weighted by atomic mass is 16.7. The van der Waals surface area contributed by atoms with E-state index in [0.29, 0.717) is 13.1 Å². The Morgan fingerprint density at radius 2 is 1.94 bits per heavy atom. The van der Waals surface area contributed by atoms with Crippen LogP contribution in [0.25, 0.3) is 16.6 Å². The molecule has 4 heterocycles. The Bertz CT molecular complexity index is 1040. The van der Waals surface area contributed by atoms with Gasteiger partial charge in [-0.1, -0.05) is 6.08 Å². The molecule has 5 rings (SSSR count). The summed E-state index contributed by atoms with van der Waals surface area (Å²) in [6, 6.07) is 2.11. The van der Waals surface area contributed by atoms with Gasteiger partial charge in [-0.15, -0.1) is 0 Å². The van der Waals surface area contributed by atoms with Gasteiger partial charge in [-0.3, -0.25) is 0 Å². The van der Waals surface area contributed by atoms with Gasteiger partial charge in [0.15, 0.2) is 0 Å². The van der Waals surface area contributed by atoms with Crippen LogP contribution in [0.15, 0.2) is 24.5 Å². The molecule has 1 saturated carbocycles. The summed E-state index contributed by atoms with van der Waals surface area (Å²) in [5.74, 6) is 0. The van der Waals surface area contributed by atoms with Gasteiger partial charge >= 0.3 is 13.2 Å². The largest absolute Gasteiger partial charge is 0.496 e. The Hall–Kier alpha value is -2.32. The van der Waals surface area contributed by atoms with Gasteiger partial charge in [0, 0.05) is 41.9 Å². The van der Waals surface area contributed by atoms with E-state index in [1.165, 1.54) is 5.57 Å². The lowest BCUT2D eigenvalue weighted by molar-refractivity contribution is 0.00578. The summed E-state index contributed by atoms with van der Waals surface area (Å²) in [6.07, 6.45) is 11.0. The zero-order valence-electron chi connectivity index (χ0n) is 19.4. The summed E-state index contributed by atoms with van der Waals surface area (Å²) in [5, 5.41) is 1.05. The van der Waals surface area contributed by atoms with E-state index < -0.39 is 18.3 Å². The van der Waals surface area contributed by atoms with E-state index in [1.54, 1.807) is 4.90 Å². The number of nitrogens with zero attached hydrogens (tertiary/aromatic N) is 2. The molecule has 2 aliphatic heterocycles. The number of carbonyl (C=O) groups is 1. The minimum atomic E-state index is -0.444. The summed E-state index contributed by atoms with van der Waals surface area (Å²) in [7, 11) is -0.444. The number of rotatable bonds is 3. The van der Waals surface area contributed by atoms with Gasteiger partial charge in [-0.2, -0.15) is 0 Å². The average Bonchev–Trinajstić information content (AvgIpc) is 3.46. The molecule has 0 bridgehead atoms. The molecule has 0 atom stereocenters. The Morgan fingerprint density at radius 3 is 2.59 bits per heavy atom. The molecule has 0 spiro atoms. The van der Waals surface area contributed by atoms with Crippen LogP contribution in [0, 0.1) is 0 Å². The topological polar surface area (TPSA) is 76.7 Å². The Labute approximate surface area is 189 Å². The highest BCUT2D eigenvalue weighted by Gasteiger charge is 2.51. The van der Waals surface area contributed by atoms with Crippen LogP contribution >= 0.6 is 0 Å². The molecule has 0 unspecified atom stereocenters. The first-order valence-corrected chi connectivity index (χ1v) is 11.7. The number of aromatic nitrogens is 2. The van der Waals surface area contributed by atoms with Crippen LogP contribution < -0.4 is 5.46 Å². The summed E-state index contributed by atoms with van der Waals surface area (Å²) < 4.78 is 18.1. The molecular weight excluding hydrogens is 405 g/mol. The molecule has 1 amide bonds. The minimum Gasteiger partial charge on any atom is -0.446 e. The standard InChI is InChI=1S/C24H32BN3O4/c1-23(2)24(3,4)32-25(31-23)17-13-19-20(15-27-21(19)26-14-17)16-9-11-28(12-10-16)22(29)30-18-7-5-6-8-18/h9,13-15,18H,5-8,10-12H2,1-4H3,(H,26,27). The highest BCUT2D eigenvalue weighted by molar-refractivity contribution is 6.62. The smallest absolute Gasteiger partial charge is 0.446 e. The first-order chi connectivity index (χ1) is 15.2. The number of ether oxygens (including phenoxy) is 1. The fourth-order valence-corrected chi connectivity index (χ4v) is 4.70. The van der Waals surface area contributed by atoms with Crippen LogP contribution in [0.5, 0.6) is 0 Å². The number of hydrogen-bond donors (Lipinski definition) is 1. The van der Waals surface area contributed by atoms with E-state index in [4.69, 9.17) is 14.0 Å². The quantitative estimate of drug-likeness (QED) is 0.734. The molecule has 2 aromatic heterocycles. The number of H-pyrrole nitrogens is 1. The third kappa shape index (κ3) is 3.84. The molecule has 2 aromatic rings. The van der Waals surface area contributed by atoms with Crippen molar-refractivity contribution in [3.8, 4) is 0 Å². The number of amides is 1. The molecule has 7 nitrogen and oxygen atoms in total. The molecule has 1 N–H and O–H groups in total. The van der Waals surface area contributed by atoms with Crippen molar-refractivity contribution >= 4 is 35.3 Å². The normalized spacial score (nSPS) is 23.1. The van der Waals surface area contributed by atoms with Crippen LogP contribution in [0.4, 0.5) is 4.79 Å². The molecular formula is C24H32BN3O4. The number of carbonyl (C=O) groups excluding carboxylic acids is 1. The van der Waals surface area contributed by atoms with E-state index in [9.17, 15) is 4.79 Å². The minimum absolute atomic E-state index is 0.0981. The molecule has 0 aromatic carbocycles. The lowest BCUT2D eigenvalue weighted by Crippen LogP contribution is -2.41. The van der Waals surface area contributed by atoms with Gasteiger partial charge < -0.3 is 23.9 Å². The second-order valence-electron chi connectivity index (χ2n) is 10.2. The van der Waals surface area contributed by atoms with E-state index >= 15 is 0 Å². The van der Waals surface area contributed by atoms with Crippen LogP contribution in [-0.2, 0) is 14.0 Å². The van der Waals surface area contributed by atoms with Crippen molar-refractivity contribution in [3.63, 3.8) is 0 Å². The van der Waals surface area contributed by atoms with Gasteiger partial charge in [0.1, 0.15) is 11.8 Å². The second kappa shape index (κ2) is 7.92. The van der Waals surface area contributed by atoms with Crippen molar-refractivity contribution in [2.45, 2.75) is 77.1 Å². The average molecular weight is 437 g/mol. The van der Waals surface area contributed by atoms with E-state index in [2.05, 4.69) is 49.8 Å². The number of nitrogens with one attached hydrogen (secondary N) is 1. The maximum atomic E-state index is 12.5. The third-order valence-corrected chi connectivity index (χ3v) is 7.46. The van der Waals surface area contributed by atoms with Crippen LogP contribution in [0.1, 0.15) is 65.4 Å². The van der Waals surface area contributed by atoms with Crippen molar-refractivity contribution in [2.24, 2.45) is 0 Å². The zero-order chi connectivity index (χ0) is 22.5. The van der Waals surface area contributed by atoms with Gasteiger partial charge in [-0.05, 0) is 71.4 Å². The third-order valence-electron chi connectivity index (χ3n) is 7.46. The Morgan fingerprint density at radius 1 is 1.22 bits per heavy atom. The van der Waals surface area contributed by atoms with Crippen molar-refractivity contribution in [1.82, 2.24) is 14.9 Å². The lowest BCUT2D eigenvalue weighted by Gasteiger charge is -2.32. The van der Waals surface area contributed by atoms with Gasteiger partial charge in [0.05, 0.1) is 11.2 Å². The monoisotopic (exact) mass is 437 g/mol. The number of hydrogen-bond acceptors (Lipinski definition) is 5. The van der Waals surface area contributed by atoms with E-state index in [-0.39, 0.29) is 12.2 Å².